The number of aliphatic hydroxyl groups excluding tert-OH is 1. The van der Waals surface area contributed by atoms with Gasteiger partial charge in [0.05, 0.1) is 30.1 Å². The van der Waals surface area contributed by atoms with Gasteiger partial charge in [-0.1, -0.05) is 6.92 Å². The van der Waals surface area contributed by atoms with Crippen molar-refractivity contribution < 1.29 is 22.7 Å². The fourth-order valence-corrected chi connectivity index (χ4v) is 3.03. The van der Waals surface area contributed by atoms with Gasteiger partial charge in [-0.25, -0.2) is 13.1 Å². The number of nitrogens with one attached hydrogen (secondary N) is 1. The molecular formula is C16H21NO5S. The summed E-state index contributed by atoms with van der Waals surface area (Å²) in [4.78, 5) is 0.166. The van der Waals surface area contributed by atoms with Crippen molar-refractivity contribution in [3.05, 3.63) is 48.4 Å². The molecule has 7 heteroatoms. The SMILES string of the molecule is CCCOc1ccc(S(=O)(=O)NCCC(O)c2ccoc2)cc1. The van der Waals surface area contributed by atoms with Gasteiger partial charge in [0.1, 0.15) is 5.75 Å². The molecule has 0 amide bonds. The second kappa shape index (κ2) is 8.14. The lowest BCUT2D eigenvalue weighted by Gasteiger charge is -2.11. The quantitative estimate of drug-likeness (QED) is 0.732. The first-order valence-corrected chi connectivity index (χ1v) is 8.94. The average Bonchev–Trinajstić information content (AvgIpc) is 3.07. The maximum Gasteiger partial charge on any atom is 0.240 e. The van der Waals surface area contributed by atoms with Gasteiger partial charge in [-0.05, 0) is 43.2 Å². The molecule has 2 aromatic rings. The lowest BCUT2D eigenvalue weighted by molar-refractivity contribution is 0.168. The van der Waals surface area contributed by atoms with E-state index < -0.39 is 16.1 Å². The number of hydrogen-bond acceptors (Lipinski definition) is 5. The lowest BCUT2D eigenvalue weighted by Crippen LogP contribution is -2.25. The smallest absolute Gasteiger partial charge is 0.240 e. The molecule has 0 saturated heterocycles. The van der Waals surface area contributed by atoms with E-state index in [4.69, 9.17) is 9.15 Å². The first kappa shape index (κ1) is 17.5. The molecule has 1 heterocycles. The third kappa shape index (κ3) is 5.09. The van der Waals surface area contributed by atoms with Gasteiger partial charge >= 0.3 is 0 Å². The number of sulfonamides is 1. The van der Waals surface area contributed by atoms with Crippen LogP contribution in [0.2, 0.25) is 0 Å². The highest BCUT2D eigenvalue weighted by Crippen LogP contribution is 2.18. The maximum atomic E-state index is 12.2. The molecule has 0 aliphatic heterocycles. The molecule has 6 nitrogen and oxygen atoms in total. The second-order valence-corrected chi connectivity index (χ2v) is 6.85. The van der Waals surface area contributed by atoms with Crippen LogP contribution in [-0.4, -0.2) is 26.7 Å². The Morgan fingerprint density at radius 3 is 2.61 bits per heavy atom. The van der Waals surface area contributed by atoms with E-state index >= 15 is 0 Å². The number of benzene rings is 1. The van der Waals surface area contributed by atoms with E-state index in [1.54, 1.807) is 18.2 Å². The van der Waals surface area contributed by atoms with Gasteiger partial charge in [0.2, 0.25) is 10.0 Å². The number of hydrogen-bond donors (Lipinski definition) is 2. The van der Waals surface area contributed by atoms with Crippen molar-refractivity contribution >= 4 is 10.0 Å². The summed E-state index contributed by atoms with van der Waals surface area (Å²) in [5.74, 6) is 0.640. The molecule has 1 unspecified atom stereocenters. The van der Waals surface area contributed by atoms with Gasteiger partial charge in [0, 0.05) is 12.1 Å². The maximum absolute atomic E-state index is 12.2. The zero-order valence-electron chi connectivity index (χ0n) is 12.9. The molecule has 0 radical (unpaired) electrons. The largest absolute Gasteiger partial charge is 0.494 e. The highest BCUT2D eigenvalue weighted by atomic mass is 32.2. The molecule has 0 aliphatic rings. The van der Waals surface area contributed by atoms with Gasteiger partial charge < -0.3 is 14.3 Å². The van der Waals surface area contributed by atoms with Crippen LogP contribution in [0.1, 0.15) is 31.4 Å². The van der Waals surface area contributed by atoms with Crippen molar-refractivity contribution in [2.75, 3.05) is 13.2 Å². The topological polar surface area (TPSA) is 88.8 Å². The number of furan rings is 1. The molecule has 0 saturated carbocycles. The summed E-state index contributed by atoms with van der Waals surface area (Å²) in [5, 5.41) is 9.88. The summed E-state index contributed by atoms with van der Waals surface area (Å²) in [7, 11) is -3.60. The van der Waals surface area contributed by atoms with Gasteiger partial charge in [0.15, 0.2) is 0 Å². The van der Waals surface area contributed by atoms with Crippen molar-refractivity contribution in [1.29, 1.82) is 0 Å². The van der Waals surface area contributed by atoms with Gasteiger partial charge in [-0.3, -0.25) is 0 Å². The van der Waals surface area contributed by atoms with Gasteiger partial charge in [0.25, 0.3) is 0 Å². The van der Waals surface area contributed by atoms with Crippen LogP contribution in [0.5, 0.6) is 5.75 Å². The van der Waals surface area contributed by atoms with Crippen LogP contribution in [0, 0.1) is 0 Å². The Morgan fingerprint density at radius 1 is 1.26 bits per heavy atom. The van der Waals surface area contributed by atoms with Crippen LogP contribution < -0.4 is 9.46 Å². The standard InChI is InChI=1S/C16H21NO5S/c1-2-10-22-14-3-5-15(6-4-14)23(19,20)17-9-7-16(18)13-8-11-21-12-13/h3-6,8,11-12,16-18H,2,7,9-10H2,1H3. The van der Waals surface area contributed by atoms with Crippen LogP contribution in [-0.2, 0) is 10.0 Å². The molecular weight excluding hydrogens is 318 g/mol. The normalized spacial score (nSPS) is 13.0. The van der Waals surface area contributed by atoms with E-state index in [0.717, 1.165) is 6.42 Å². The Balaban J connectivity index is 1.88. The number of aliphatic hydroxyl groups is 1. The van der Waals surface area contributed by atoms with Crippen LogP contribution in [0.4, 0.5) is 0 Å². The number of ether oxygens (including phenoxy) is 1. The molecule has 1 atom stereocenters. The van der Waals surface area contributed by atoms with Gasteiger partial charge in [-0.2, -0.15) is 0 Å². The average molecular weight is 339 g/mol. The molecule has 2 rings (SSSR count). The minimum absolute atomic E-state index is 0.128. The molecule has 0 aliphatic carbocycles. The highest BCUT2D eigenvalue weighted by molar-refractivity contribution is 7.89. The molecule has 1 aromatic heterocycles. The van der Waals surface area contributed by atoms with E-state index in [2.05, 4.69) is 4.72 Å². The summed E-state index contributed by atoms with van der Waals surface area (Å²) < 4.78 is 37.1. The summed E-state index contributed by atoms with van der Waals surface area (Å²) in [6.45, 7) is 2.72. The van der Waals surface area contributed by atoms with Crippen molar-refractivity contribution in [3.8, 4) is 5.75 Å². The van der Waals surface area contributed by atoms with E-state index in [1.165, 1.54) is 24.7 Å². The van der Waals surface area contributed by atoms with Crippen molar-refractivity contribution in [2.24, 2.45) is 0 Å². The molecule has 23 heavy (non-hydrogen) atoms. The summed E-state index contributed by atoms with van der Waals surface area (Å²) in [6.07, 6.45) is 3.29. The Hall–Kier alpha value is -1.83. The zero-order valence-corrected chi connectivity index (χ0v) is 13.8. The van der Waals surface area contributed by atoms with Gasteiger partial charge in [-0.15, -0.1) is 0 Å². The Kier molecular flexibility index (Phi) is 6.20. The fraction of sp³-hybridized carbons (Fsp3) is 0.375. The van der Waals surface area contributed by atoms with Crippen molar-refractivity contribution in [3.63, 3.8) is 0 Å². The minimum atomic E-state index is -3.60. The van der Waals surface area contributed by atoms with Crippen LogP contribution >= 0.6 is 0 Å². The van der Waals surface area contributed by atoms with Crippen molar-refractivity contribution in [1.82, 2.24) is 4.72 Å². The molecule has 1 aromatic carbocycles. The monoisotopic (exact) mass is 339 g/mol. The lowest BCUT2D eigenvalue weighted by atomic mass is 10.1. The van der Waals surface area contributed by atoms with Crippen LogP contribution in [0.3, 0.4) is 0 Å². The van der Waals surface area contributed by atoms with E-state index in [9.17, 15) is 13.5 Å². The Labute approximate surface area is 136 Å². The molecule has 126 valence electrons. The fourth-order valence-electron chi connectivity index (χ4n) is 1.98. The van der Waals surface area contributed by atoms with Crippen LogP contribution in [0.25, 0.3) is 0 Å². The van der Waals surface area contributed by atoms with Crippen molar-refractivity contribution in [2.45, 2.75) is 30.8 Å². The third-order valence-corrected chi connectivity index (χ3v) is 4.72. The zero-order chi connectivity index (χ0) is 16.7. The minimum Gasteiger partial charge on any atom is -0.494 e. The predicted molar refractivity (Wildman–Crippen MR) is 85.7 cm³/mol. The Morgan fingerprint density at radius 2 is 2.00 bits per heavy atom. The van der Waals surface area contributed by atoms with E-state index in [0.29, 0.717) is 17.9 Å². The summed E-state index contributed by atoms with van der Waals surface area (Å²) in [6, 6.07) is 7.91. The first-order valence-electron chi connectivity index (χ1n) is 7.45. The summed E-state index contributed by atoms with van der Waals surface area (Å²) in [5.41, 5.74) is 0.627. The third-order valence-electron chi connectivity index (χ3n) is 3.24. The molecule has 0 bridgehead atoms. The first-order chi connectivity index (χ1) is 11.0. The summed E-state index contributed by atoms with van der Waals surface area (Å²) >= 11 is 0. The van der Waals surface area contributed by atoms with Crippen LogP contribution in [0.15, 0.2) is 52.2 Å². The highest BCUT2D eigenvalue weighted by Gasteiger charge is 2.15. The number of rotatable bonds is 9. The van der Waals surface area contributed by atoms with E-state index in [1.807, 2.05) is 6.92 Å². The molecule has 0 fully saturated rings. The molecule has 0 spiro atoms. The van der Waals surface area contributed by atoms with E-state index in [-0.39, 0.29) is 17.9 Å². The second-order valence-electron chi connectivity index (χ2n) is 5.08. The predicted octanol–water partition coefficient (Wildman–Crippen LogP) is 2.47. The Bertz CT molecular complexity index is 680. The molecule has 2 N–H and O–H groups in total.